The van der Waals surface area contributed by atoms with Gasteiger partial charge in [-0.25, -0.2) is 28.0 Å². The van der Waals surface area contributed by atoms with Crippen LogP contribution in [0.5, 0.6) is 0 Å². The average Bonchev–Trinajstić information content (AvgIpc) is 3.96. The second-order valence-corrected chi connectivity index (χ2v) is 21.2. The zero-order valence-electron chi connectivity index (χ0n) is 39.8. The van der Waals surface area contributed by atoms with Crippen LogP contribution in [0.15, 0.2) is 142 Å². The molecule has 0 amide bonds. The van der Waals surface area contributed by atoms with Crippen LogP contribution in [0.4, 0.5) is 8.78 Å². The molecule has 7 fully saturated rings. The summed E-state index contributed by atoms with van der Waals surface area (Å²) in [6.45, 7) is 16.4. The van der Waals surface area contributed by atoms with E-state index >= 15 is 0 Å². The van der Waals surface area contributed by atoms with Gasteiger partial charge in [0.15, 0.2) is 27.9 Å². The quantitative estimate of drug-likeness (QED) is 0.0706. The molecule has 6 aliphatic carbocycles. The number of carbonyl (C=O) groups is 5. The van der Waals surface area contributed by atoms with Gasteiger partial charge in [0, 0.05) is 35.5 Å². The number of alkyl halides is 2. The number of carbonyl (C=O) groups excluding carboxylic acids is 5. The van der Waals surface area contributed by atoms with E-state index in [1.165, 1.54) is 53.7 Å². The Morgan fingerprint density at radius 1 is 0.691 bits per heavy atom. The Bertz CT molecular complexity index is 2170. The van der Waals surface area contributed by atoms with Gasteiger partial charge >= 0.3 is 29.8 Å². The van der Waals surface area contributed by atoms with E-state index in [0.717, 1.165) is 31.1 Å². The van der Waals surface area contributed by atoms with Crippen molar-refractivity contribution in [2.75, 3.05) is 13.2 Å². The molecule has 6 saturated carbocycles. The van der Waals surface area contributed by atoms with Gasteiger partial charge in [-0.1, -0.05) is 81.3 Å². The Morgan fingerprint density at radius 3 is 1.59 bits per heavy atom. The lowest BCUT2D eigenvalue weighted by Gasteiger charge is -2.60. The van der Waals surface area contributed by atoms with Crippen molar-refractivity contribution < 1.29 is 56.4 Å². The van der Waals surface area contributed by atoms with E-state index in [1.54, 1.807) is 13.8 Å². The second kappa shape index (κ2) is 22.7. The van der Waals surface area contributed by atoms with Gasteiger partial charge in [-0.3, -0.25) is 4.79 Å². The molecule has 5 atom stereocenters. The van der Waals surface area contributed by atoms with E-state index in [1.807, 2.05) is 0 Å². The van der Waals surface area contributed by atoms with E-state index in [-0.39, 0.29) is 64.0 Å². The predicted octanol–water partition coefficient (Wildman–Crippen LogP) is 10.9. The Kier molecular flexibility index (Phi) is 17.3. The molecule has 13 heteroatoms. The van der Waals surface area contributed by atoms with E-state index < -0.39 is 31.1 Å². The van der Waals surface area contributed by atoms with Crippen LogP contribution in [0.3, 0.4) is 0 Å². The van der Waals surface area contributed by atoms with Gasteiger partial charge in [-0.05, 0) is 132 Å². The zero-order chi connectivity index (χ0) is 49.3. The molecule has 6 bridgehead atoms. The summed E-state index contributed by atoms with van der Waals surface area (Å²) in [5, 5.41) is 0. The third-order valence-corrected chi connectivity index (χ3v) is 16.0. The summed E-state index contributed by atoms with van der Waals surface area (Å²) in [6.07, 6.45) is 8.87. The molecular weight excluding hydrogens is 891 g/mol. The van der Waals surface area contributed by atoms with Crippen LogP contribution in [0.25, 0.3) is 0 Å². The van der Waals surface area contributed by atoms with Crippen LogP contribution < -0.4 is 0 Å². The largest absolute Gasteiger partial charge is 0.458 e. The molecule has 10 rings (SSSR count). The molecule has 1 aliphatic heterocycles. The molecule has 1 saturated heterocycles. The first-order chi connectivity index (χ1) is 32.3. The Hall–Kier alpha value is -5.56. The van der Waals surface area contributed by atoms with Crippen LogP contribution in [0, 0.1) is 41.4 Å². The van der Waals surface area contributed by atoms with Crippen LogP contribution in [-0.2, 0) is 58.6 Å². The van der Waals surface area contributed by atoms with Crippen LogP contribution in [0.2, 0.25) is 0 Å². The fourth-order valence-electron chi connectivity index (χ4n) is 10.9. The molecule has 68 heavy (non-hydrogen) atoms. The average molecular weight is 956 g/mol. The molecule has 3 aromatic rings. The molecule has 0 radical (unpaired) electrons. The Morgan fingerprint density at radius 2 is 1.16 bits per heavy atom. The topological polar surface area (TPSA) is 132 Å². The molecular formula is C55H65F2O10S+. The molecule has 10 nitrogen and oxygen atoms in total. The molecule has 0 N–H and O–H groups in total. The van der Waals surface area contributed by atoms with Crippen molar-refractivity contribution in [1.82, 2.24) is 0 Å². The van der Waals surface area contributed by atoms with Gasteiger partial charge in [0.05, 0.1) is 16.8 Å². The minimum Gasteiger partial charge on any atom is -0.458 e. The van der Waals surface area contributed by atoms with Crippen molar-refractivity contribution in [2.24, 2.45) is 41.4 Å². The molecule has 7 aliphatic rings. The lowest BCUT2D eigenvalue weighted by molar-refractivity contribution is -0.207. The van der Waals surface area contributed by atoms with Gasteiger partial charge < -0.3 is 23.7 Å². The predicted molar refractivity (Wildman–Crippen MR) is 254 cm³/mol. The van der Waals surface area contributed by atoms with Crippen molar-refractivity contribution in [2.45, 2.75) is 124 Å². The third-order valence-electron chi connectivity index (χ3n) is 13.8. The number of esters is 5. The van der Waals surface area contributed by atoms with Gasteiger partial charge in [0.2, 0.25) is 0 Å². The number of hydrogen-bond donors (Lipinski definition) is 0. The fraction of sp³-hybridized carbons (Fsp3) is 0.473. The second-order valence-electron chi connectivity index (χ2n) is 19.2. The number of hydrogen-bond acceptors (Lipinski definition) is 10. The first-order valence-electron chi connectivity index (χ1n) is 23.5. The monoisotopic (exact) mass is 955 g/mol. The molecule has 0 spiro atoms. The highest BCUT2D eigenvalue weighted by Crippen LogP contribution is 2.61. The summed E-state index contributed by atoms with van der Waals surface area (Å²) >= 11 is 0. The minimum atomic E-state index is -3.09. The number of benzene rings is 3. The van der Waals surface area contributed by atoms with Crippen molar-refractivity contribution in [3.63, 3.8) is 0 Å². The number of ether oxygens (including phenoxy) is 5. The Balaban J connectivity index is 0.000000150. The van der Waals surface area contributed by atoms with Crippen LogP contribution in [0.1, 0.15) is 86.0 Å². The number of fused-ring (bicyclic) bond motifs is 1. The Labute approximate surface area is 402 Å². The first kappa shape index (κ1) is 51.8. The molecule has 1 heterocycles. The fourth-order valence-corrected chi connectivity index (χ4v) is 13.0. The third kappa shape index (κ3) is 12.7. The van der Waals surface area contributed by atoms with Gasteiger partial charge in [0.1, 0.15) is 17.8 Å². The van der Waals surface area contributed by atoms with Crippen LogP contribution >= 0.6 is 0 Å². The van der Waals surface area contributed by atoms with E-state index in [4.69, 9.17) is 14.2 Å². The maximum Gasteiger partial charge on any atom is 0.344 e. The number of rotatable bonds is 13. The summed E-state index contributed by atoms with van der Waals surface area (Å²) in [5.74, 6) is -1.84. The van der Waals surface area contributed by atoms with Crippen molar-refractivity contribution in [1.29, 1.82) is 0 Å². The number of halogens is 2. The molecule has 364 valence electrons. The molecule has 0 aromatic heterocycles. The maximum absolute atomic E-state index is 12.2. The van der Waals surface area contributed by atoms with E-state index in [0.29, 0.717) is 35.8 Å². The van der Waals surface area contributed by atoms with Crippen molar-refractivity contribution >= 4 is 40.7 Å². The minimum absolute atomic E-state index is 0.0146. The normalized spacial score (nSPS) is 27.4. The highest BCUT2D eigenvalue weighted by molar-refractivity contribution is 7.97. The summed E-state index contributed by atoms with van der Waals surface area (Å²) in [5.41, 5.74) is 0.882. The van der Waals surface area contributed by atoms with Crippen molar-refractivity contribution in [3.05, 3.63) is 127 Å². The molecule has 3 aromatic carbocycles. The lowest BCUT2D eigenvalue weighted by atomic mass is 9.49. The SMILES string of the molecule is C=C(C)C(=O)OC1(CC)C2CC3CC(C2)CC1C3.C=C(C)C(=O)OC1C2CC3C(=O)OC1C3C2.C=C(C)C(=O)OCC(=O)OCC(C)(F)F.c1ccc([S+](c2ccccc2)c2ccccc2)cc1. The van der Waals surface area contributed by atoms with Gasteiger partial charge in [0.25, 0.3) is 5.92 Å². The first-order valence-corrected chi connectivity index (χ1v) is 24.7. The molecule has 5 unspecified atom stereocenters. The summed E-state index contributed by atoms with van der Waals surface area (Å²) in [7, 11) is -0.0146. The van der Waals surface area contributed by atoms with Gasteiger partial charge in [-0.15, -0.1) is 0 Å². The van der Waals surface area contributed by atoms with E-state index in [9.17, 15) is 32.8 Å². The van der Waals surface area contributed by atoms with Crippen molar-refractivity contribution in [3.8, 4) is 0 Å². The van der Waals surface area contributed by atoms with Gasteiger partial charge in [-0.2, -0.15) is 0 Å². The highest BCUT2D eigenvalue weighted by atomic mass is 32.2. The van der Waals surface area contributed by atoms with Crippen LogP contribution in [-0.4, -0.2) is 66.8 Å². The highest BCUT2D eigenvalue weighted by Gasteiger charge is 2.63. The lowest BCUT2D eigenvalue weighted by Crippen LogP contribution is -2.59. The van der Waals surface area contributed by atoms with E-state index in [2.05, 4.69) is 127 Å². The summed E-state index contributed by atoms with van der Waals surface area (Å²) in [6, 6.07) is 32.2. The summed E-state index contributed by atoms with van der Waals surface area (Å²) < 4.78 is 49.6. The smallest absolute Gasteiger partial charge is 0.344 e. The standard InChI is InChI=1S/C18H15S.C16H24O2.C12H14O4.C9H12F2O4/c1-4-10-16(11-5-1)19(17-12-6-2-7-13-17)18-14-8-3-9-15-18;1-4-16(18-15(17)10(2)3)13-6-11-5-12(8-13)9-14(16)7-11;1-5(2)11(13)15-9-6-3-7-8(4-6)12(14)16-10(7)9;1-6(2)8(13)14-4-7(12)15-5-9(3,10)11/h1-15H;11-14H,2,4-9H2,1,3H3;6-10H,1,3-4H2,2H3;1,4-5H2,2-3H3/q+1;;;. The summed E-state index contributed by atoms with van der Waals surface area (Å²) in [4.78, 5) is 60.5. The zero-order valence-corrected chi connectivity index (χ0v) is 40.6. The maximum atomic E-state index is 12.2.